The van der Waals surface area contributed by atoms with E-state index in [0.29, 0.717) is 5.41 Å². The SMILES string of the molecule is C=C(C)NCCOCC(C)(C)CC. The first-order chi connectivity index (χ1) is 5.98. The predicted molar refractivity (Wildman–Crippen MR) is 57.7 cm³/mol. The Labute approximate surface area is 82.4 Å². The summed E-state index contributed by atoms with van der Waals surface area (Å²) in [5.74, 6) is 0. The van der Waals surface area contributed by atoms with E-state index in [1.807, 2.05) is 6.92 Å². The minimum absolute atomic E-state index is 0.309. The molecule has 2 nitrogen and oxygen atoms in total. The number of hydrogen-bond donors (Lipinski definition) is 1. The summed E-state index contributed by atoms with van der Waals surface area (Å²) in [5, 5.41) is 3.13. The quantitative estimate of drug-likeness (QED) is 0.615. The van der Waals surface area contributed by atoms with Crippen molar-refractivity contribution in [3.8, 4) is 0 Å². The molecular formula is C11H23NO. The van der Waals surface area contributed by atoms with E-state index in [9.17, 15) is 0 Å². The van der Waals surface area contributed by atoms with Gasteiger partial charge in [0.2, 0.25) is 0 Å². The molecule has 0 aliphatic carbocycles. The molecule has 0 rings (SSSR count). The van der Waals surface area contributed by atoms with Crippen molar-refractivity contribution in [2.75, 3.05) is 19.8 Å². The van der Waals surface area contributed by atoms with Crippen molar-refractivity contribution in [3.63, 3.8) is 0 Å². The van der Waals surface area contributed by atoms with Crippen molar-refractivity contribution < 1.29 is 4.74 Å². The highest BCUT2D eigenvalue weighted by molar-refractivity contribution is 4.83. The van der Waals surface area contributed by atoms with Crippen LogP contribution in [0.25, 0.3) is 0 Å². The van der Waals surface area contributed by atoms with Crippen LogP contribution in [0.1, 0.15) is 34.1 Å². The van der Waals surface area contributed by atoms with E-state index < -0.39 is 0 Å². The predicted octanol–water partition coefficient (Wildman–Crippen LogP) is 2.56. The van der Waals surface area contributed by atoms with Gasteiger partial charge in [-0.2, -0.15) is 0 Å². The summed E-state index contributed by atoms with van der Waals surface area (Å²) >= 11 is 0. The van der Waals surface area contributed by atoms with E-state index in [1.54, 1.807) is 0 Å². The highest BCUT2D eigenvalue weighted by atomic mass is 16.5. The zero-order valence-corrected chi connectivity index (χ0v) is 9.44. The number of hydrogen-bond acceptors (Lipinski definition) is 2. The lowest BCUT2D eigenvalue weighted by atomic mass is 9.92. The first-order valence-corrected chi connectivity index (χ1v) is 4.95. The molecule has 0 aliphatic rings. The first-order valence-electron chi connectivity index (χ1n) is 4.95. The van der Waals surface area contributed by atoms with Gasteiger partial charge in [0, 0.05) is 12.2 Å². The molecule has 13 heavy (non-hydrogen) atoms. The second-order valence-electron chi connectivity index (χ2n) is 4.28. The molecule has 0 radical (unpaired) electrons. The lowest BCUT2D eigenvalue weighted by Gasteiger charge is -2.22. The summed E-state index contributed by atoms with van der Waals surface area (Å²) in [4.78, 5) is 0. The molecule has 0 fully saturated rings. The van der Waals surface area contributed by atoms with Crippen molar-refractivity contribution in [1.29, 1.82) is 0 Å². The van der Waals surface area contributed by atoms with Crippen molar-refractivity contribution in [1.82, 2.24) is 5.32 Å². The van der Waals surface area contributed by atoms with Gasteiger partial charge in [0.05, 0.1) is 13.2 Å². The highest BCUT2D eigenvalue weighted by Gasteiger charge is 2.14. The van der Waals surface area contributed by atoms with Gasteiger partial charge in [-0.3, -0.25) is 0 Å². The molecule has 0 heterocycles. The second-order valence-corrected chi connectivity index (χ2v) is 4.28. The average molecular weight is 185 g/mol. The van der Waals surface area contributed by atoms with Gasteiger partial charge < -0.3 is 10.1 Å². The Morgan fingerprint density at radius 3 is 2.54 bits per heavy atom. The van der Waals surface area contributed by atoms with E-state index in [-0.39, 0.29) is 0 Å². The first kappa shape index (κ1) is 12.5. The van der Waals surface area contributed by atoms with Gasteiger partial charge in [-0.05, 0) is 18.8 Å². The van der Waals surface area contributed by atoms with Crippen LogP contribution in [0, 0.1) is 5.41 Å². The normalized spacial score (nSPS) is 11.4. The maximum absolute atomic E-state index is 5.54. The van der Waals surface area contributed by atoms with Crippen LogP contribution < -0.4 is 5.32 Å². The molecule has 0 saturated carbocycles. The summed E-state index contributed by atoms with van der Waals surface area (Å²) in [6, 6.07) is 0. The van der Waals surface area contributed by atoms with Gasteiger partial charge in [0.1, 0.15) is 0 Å². The fraction of sp³-hybridized carbons (Fsp3) is 0.818. The summed E-state index contributed by atoms with van der Waals surface area (Å²) < 4.78 is 5.54. The zero-order chi connectivity index (χ0) is 10.3. The van der Waals surface area contributed by atoms with Gasteiger partial charge in [-0.1, -0.05) is 27.4 Å². The van der Waals surface area contributed by atoms with E-state index in [1.165, 1.54) is 0 Å². The topological polar surface area (TPSA) is 21.3 Å². The Morgan fingerprint density at radius 2 is 2.08 bits per heavy atom. The molecule has 0 bridgehead atoms. The third-order valence-corrected chi connectivity index (χ3v) is 2.12. The minimum atomic E-state index is 0.309. The smallest absolute Gasteiger partial charge is 0.0639 e. The van der Waals surface area contributed by atoms with Crippen LogP contribution in [0.5, 0.6) is 0 Å². The van der Waals surface area contributed by atoms with Crippen LogP contribution >= 0.6 is 0 Å². The number of rotatable bonds is 7. The van der Waals surface area contributed by atoms with Gasteiger partial charge in [0.15, 0.2) is 0 Å². The minimum Gasteiger partial charge on any atom is -0.387 e. The molecular weight excluding hydrogens is 162 g/mol. The molecule has 0 aliphatic heterocycles. The van der Waals surface area contributed by atoms with E-state index in [0.717, 1.165) is 31.9 Å². The van der Waals surface area contributed by atoms with Crippen LogP contribution in [0.4, 0.5) is 0 Å². The fourth-order valence-electron chi connectivity index (χ4n) is 0.787. The molecule has 0 atom stereocenters. The van der Waals surface area contributed by atoms with Gasteiger partial charge in [-0.15, -0.1) is 0 Å². The Balaban J connectivity index is 3.30. The Bertz CT molecular complexity index is 152. The number of ether oxygens (including phenoxy) is 1. The lowest BCUT2D eigenvalue weighted by molar-refractivity contribution is 0.0629. The van der Waals surface area contributed by atoms with Crippen molar-refractivity contribution in [2.45, 2.75) is 34.1 Å². The summed E-state index contributed by atoms with van der Waals surface area (Å²) in [7, 11) is 0. The molecule has 1 N–H and O–H groups in total. The maximum Gasteiger partial charge on any atom is 0.0639 e. The Kier molecular flexibility index (Phi) is 5.80. The monoisotopic (exact) mass is 185 g/mol. The summed E-state index contributed by atoms with van der Waals surface area (Å²) in [6.07, 6.45) is 1.15. The van der Waals surface area contributed by atoms with Crippen LogP contribution in [-0.4, -0.2) is 19.8 Å². The molecule has 0 amide bonds. The van der Waals surface area contributed by atoms with Crippen molar-refractivity contribution in [3.05, 3.63) is 12.3 Å². The van der Waals surface area contributed by atoms with Gasteiger partial charge in [-0.25, -0.2) is 0 Å². The van der Waals surface area contributed by atoms with Crippen molar-refractivity contribution in [2.24, 2.45) is 5.41 Å². The third kappa shape index (κ3) is 7.85. The zero-order valence-electron chi connectivity index (χ0n) is 9.44. The maximum atomic E-state index is 5.54. The van der Waals surface area contributed by atoms with Crippen LogP contribution in [-0.2, 0) is 4.74 Å². The van der Waals surface area contributed by atoms with Crippen molar-refractivity contribution >= 4 is 0 Å². The largest absolute Gasteiger partial charge is 0.387 e. The molecule has 78 valence electrons. The Morgan fingerprint density at radius 1 is 1.46 bits per heavy atom. The Hall–Kier alpha value is -0.500. The van der Waals surface area contributed by atoms with Crippen LogP contribution in [0.2, 0.25) is 0 Å². The average Bonchev–Trinajstić information content (AvgIpc) is 2.03. The summed E-state index contributed by atoms with van der Waals surface area (Å²) in [6.45, 7) is 14.8. The molecule has 0 aromatic heterocycles. The van der Waals surface area contributed by atoms with E-state index >= 15 is 0 Å². The summed E-state index contributed by atoms with van der Waals surface area (Å²) in [5.41, 5.74) is 1.31. The standard InChI is InChI=1S/C11H23NO/c1-6-11(4,5)9-13-8-7-12-10(2)3/h12H,2,6-9H2,1,3-5H3. The van der Waals surface area contributed by atoms with Crippen LogP contribution in [0.15, 0.2) is 12.3 Å². The molecule has 0 saturated heterocycles. The molecule has 0 aromatic carbocycles. The molecule has 0 aromatic rings. The number of nitrogens with one attached hydrogen (secondary N) is 1. The molecule has 0 spiro atoms. The second kappa shape index (κ2) is 6.03. The fourth-order valence-corrected chi connectivity index (χ4v) is 0.787. The van der Waals surface area contributed by atoms with Gasteiger partial charge >= 0.3 is 0 Å². The molecule has 2 heteroatoms. The highest BCUT2D eigenvalue weighted by Crippen LogP contribution is 2.19. The molecule has 0 unspecified atom stereocenters. The lowest BCUT2D eigenvalue weighted by Crippen LogP contribution is -2.23. The number of allylic oxidation sites excluding steroid dienone is 1. The van der Waals surface area contributed by atoms with E-state index in [2.05, 4.69) is 32.7 Å². The third-order valence-electron chi connectivity index (χ3n) is 2.12. The van der Waals surface area contributed by atoms with Crippen LogP contribution in [0.3, 0.4) is 0 Å². The van der Waals surface area contributed by atoms with Gasteiger partial charge in [0.25, 0.3) is 0 Å². The van der Waals surface area contributed by atoms with E-state index in [4.69, 9.17) is 4.74 Å².